The van der Waals surface area contributed by atoms with Crippen LogP contribution in [-0.4, -0.2) is 18.9 Å². The van der Waals surface area contributed by atoms with Gasteiger partial charge in [-0.05, 0) is 50.3 Å². The van der Waals surface area contributed by atoms with Crippen molar-refractivity contribution >= 4 is 20.8 Å². The maximum absolute atomic E-state index is 12.6. The summed E-state index contributed by atoms with van der Waals surface area (Å²) in [6.07, 6.45) is 4.00. The average Bonchev–Trinajstić information content (AvgIpc) is 2.38. The van der Waals surface area contributed by atoms with Crippen LogP contribution >= 0.6 is 0 Å². The van der Waals surface area contributed by atoms with Gasteiger partial charge in [-0.2, -0.15) is 0 Å². The molecule has 1 aromatic heterocycles. The number of hydrogen-bond acceptors (Lipinski definition) is 3. The van der Waals surface area contributed by atoms with E-state index in [1.165, 1.54) is 0 Å². The van der Waals surface area contributed by atoms with Crippen LogP contribution in [0.5, 0.6) is 0 Å². The molecule has 0 saturated heterocycles. The summed E-state index contributed by atoms with van der Waals surface area (Å²) in [5, 5.41) is 1.57. The van der Waals surface area contributed by atoms with Gasteiger partial charge in [0.1, 0.15) is 0 Å². The van der Waals surface area contributed by atoms with Gasteiger partial charge >= 0.3 is 0 Å². The Hall–Kier alpha value is -1.46. The number of hydrogen-bond donors (Lipinski definition) is 1. The van der Waals surface area contributed by atoms with Crippen molar-refractivity contribution in [2.45, 2.75) is 44.6 Å². The number of nitrogens with one attached hydrogen (secondary N) is 1. The highest BCUT2D eigenvalue weighted by Crippen LogP contribution is 2.26. The molecule has 0 radical (unpaired) electrons. The van der Waals surface area contributed by atoms with Crippen LogP contribution in [0, 0.1) is 6.92 Å². The van der Waals surface area contributed by atoms with Crippen molar-refractivity contribution in [3.8, 4) is 0 Å². The molecule has 0 aliphatic heterocycles. The molecule has 2 rings (SSSR count). The van der Waals surface area contributed by atoms with Gasteiger partial charge in [-0.3, -0.25) is 4.98 Å². The number of aromatic nitrogens is 1. The molecular formula is C15H20N2O2S. The van der Waals surface area contributed by atoms with E-state index in [1.807, 2.05) is 39.8 Å². The van der Waals surface area contributed by atoms with Crippen LogP contribution in [0.15, 0.2) is 35.5 Å². The van der Waals surface area contributed by atoms with Gasteiger partial charge in [0.05, 0.1) is 4.90 Å². The van der Waals surface area contributed by atoms with Gasteiger partial charge in [-0.1, -0.05) is 13.0 Å². The Balaban J connectivity index is 2.61. The molecule has 108 valence electrons. The maximum atomic E-state index is 12.6. The van der Waals surface area contributed by atoms with E-state index in [9.17, 15) is 8.42 Å². The first-order chi connectivity index (χ1) is 9.27. The zero-order valence-electron chi connectivity index (χ0n) is 12.3. The van der Waals surface area contributed by atoms with E-state index in [1.54, 1.807) is 18.5 Å². The molecule has 4 nitrogen and oxygen atoms in total. The van der Waals surface area contributed by atoms with E-state index in [4.69, 9.17) is 0 Å². The number of fused-ring (bicyclic) bond motifs is 1. The van der Waals surface area contributed by atoms with Gasteiger partial charge in [-0.15, -0.1) is 0 Å². The van der Waals surface area contributed by atoms with Gasteiger partial charge in [-0.25, -0.2) is 13.1 Å². The summed E-state index contributed by atoms with van der Waals surface area (Å²) in [4.78, 5) is 4.34. The summed E-state index contributed by atoms with van der Waals surface area (Å²) in [7, 11) is -3.56. The lowest BCUT2D eigenvalue weighted by molar-refractivity contribution is 0.440. The van der Waals surface area contributed by atoms with E-state index in [2.05, 4.69) is 9.71 Å². The lowest BCUT2D eigenvalue weighted by atomic mass is 10.0. The lowest BCUT2D eigenvalue weighted by Gasteiger charge is -2.24. The highest BCUT2D eigenvalue weighted by molar-refractivity contribution is 7.89. The third-order valence-electron chi connectivity index (χ3n) is 3.58. The molecule has 1 heterocycles. The van der Waals surface area contributed by atoms with Crippen molar-refractivity contribution in [3.63, 3.8) is 0 Å². The van der Waals surface area contributed by atoms with Crippen molar-refractivity contribution in [2.24, 2.45) is 0 Å². The minimum absolute atomic E-state index is 0.285. The lowest BCUT2D eigenvalue weighted by Crippen LogP contribution is -2.42. The Kier molecular flexibility index (Phi) is 3.84. The highest BCUT2D eigenvalue weighted by Gasteiger charge is 2.26. The van der Waals surface area contributed by atoms with Crippen LogP contribution in [0.3, 0.4) is 0 Å². The van der Waals surface area contributed by atoms with Crippen molar-refractivity contribution in [3.05, 3.63) is 36.2 Å². The Bertz CT molecular complexity index is 737. The van der Waals surface area contributed by atoms with Crippen molar-refractivity contribution in [2.75, 3.05) is 0 Å². The minimum Gasteiger partial charge on any atom is -0.264 e. The first-order valence-corrected chi connectivity index (χ1v) is 8.12. The maximum Gasteiger partial charge on any atom is 0.241 e. The summed E-state index contributed by atoms with van der Waals surface area (Å²) in [6.45, 7) is 7.66. The summed E-state index contributed by atoms with van der Waals surface area (Å²) in [5.41, 5.74) is 0.564. The predicted molar refractivity (Wildman–Crippen MR) is 81.2 cm³/mol. The first kappa shape index (κ1) is 14.9. The van der Waals surface area contributed by atoms with Gasteiger partial charge in [0, 0.05) is 23.3 Å². The molecular weight excluding hydrogens is 272 g/mol. The quantitative estimate of drug-likeness (QED) is 0.942. The van der Waals surface area contributed by atoms with Crippen LogP contribution in [0.1, 0.15) is 32.8 Å². The van der Waals surface area contributed by atoms with Crippen molar-refractivity contribution in [1.82, 2.24) is 9.71 Å². The average molecular weight is 292 g/mol. The molecule has 1 aromatic carbocycles. The van der Waals surface area contributed by atoms with Gasteiger partial charge < -0.3 is 0 Å². The topological polar surface area (TPSA) is 59.1 Å². The number of benzene rings is 1. The molecule has 0 fully saturated rings. The first-order valence-electron chi connectivity index (χ1n) is 6.64. The van der Waals surface area contributed by atoms with Gasteiger partial charge in [0.15, 0.2) is 0 Å². The van der Waals surface area contributed by atoms with Crippen LogP contribution in [0.25, 0.3) is 10.8 Å². The molecule has 0 unspecified atom stereocenters. The van der Waals surface area contributed by atoms with E-state index in [0.29, 0.717) is 11.8 Å². The van der Waals surface area contributed by atoms with E-state index < -0.39 is 15.6 Å². The van der Waals surface area contributed by atoms with Crippen LogP contribution in [-0.2, 0) is 10.0 Å². The Morgan fingerprint density at radius 3 is 2.55 bits per heavy atom. The fourth-order valence-corrected chi connectivity index (χ4v) is 3.72. The molecule has 0 bridgehead atoms. The molecule has 0 atom stereocenters. The summed E-state index contributed by atoms with van der Waals surface area (Å²) in [5.74, 6) is 0. The van der Waals surface area contributed by atoms with Crippen molar-refractivity contribution in [1.29, 1.82) is 0 Å². The third kappa shape index (κ3) is 2.83. The van der Waals surface area contributed by atoms with Crippen molar-refractivity contribution < 1.29 is 8.42 Å². The van der Waals surface area contributed by atoms with E-state index in [-0.39, 0.29) is 4.90 Å². The van der Waals surface area contributed by atoms with Crippen LogP contribution < -0.4 is 4.72 Å². The second-order valence-electron chi connectivity index (χ2n) is 5.64. The Labute approximate surface area is 120 Å². The summed E-state index contributed by atoms with van der Waals surface area (Å²) >= 11 is 0. The molecule has 5 heteroatoms. The standard InChI is InChI=1S/C15H20N2O2S/c1-5-15(3,4)17-20(18,19)14-7-6-11(2)12-8-9-16-10-13(12)14/h6-10,17H,5H2,1-4H3. The number of aryl methyl sites for hydroxylation is 1. The Morgan fingerprint density at radius 2 is 1.90 bits per heavy atom. The van der Waals surface area contributed by atoms with E-state index >= 15 is 0 Å². The Morgan fingerprint density at radius 1 is 1.20 bits per heavy atom. The van der Waals surface area contributed by atoms with Gasteiger partial charge in [0.2, 0.25) is 10.0 Å². The van der Waals surface area contributed by atoms with Crippen LogP contribution in [0.4, 0.5) is 0 Å². The minimum atomic E-state index is -3.56. The van der Waals surface area contributed by atoms with E-state index in [0.717, 1.165) is 10.9 Å². The molecule has 0 saturated carbocycles. The second-order valence-corrected chi connectivity index (χ2v) is 7.30. The monoisotopic (exact) mass is 292 g/mol. The number of sulfonamides is 1. The van der Waals surface area contributed by atoms with Gasteiger partial charge in [0.25, 0.3) is 0 Å². The zero-order chi connectivity index (χ0) is 15.0. The number of rotatable bonds is 4. The molecule has 2 aromatic rings. The predicted octanol–water partition coefficient (Wildman–Crippen LogP) is 3.01. The molecule has 0 spiro atoms. The molecule has 1 N–H and O–H groups in total. The summed E-state index contributed by atoms with van der Waals surface area (Å²) in [6, 6.07) is 5.32. The SMILES string of the molecule is CCC(C)(C)NS(=O)(=O)c1ccc(C)c2ccncc12. The summed E-state index contributed by atoms with van der Waals surface area (Å²) < 4.78 is 27.9. The zero-order valence-corrected chi connectivity index (χ0v) is 13.1. The van der Waals surface area contributed by atoms with Crippen LogP contribution in [0.2, 0.25) is 0 Å². The molecule has 0 aliphatic rings. The molecule has 0 amide bonds. The largest absolute Gasteiger partial charge is 0.264 e. The number of pyridine rings is 1. The third-order valence-corrected chi connectivity index (χ3v) is 5.34. The fraction of sp³-hybridized carbons (Fsp3) is 0.400. The molecule has 0 aliphatic carbocycles. The highest BCUT2D eigenvalue weighted by atomic mass is 32.2. The second kappa shape index (κ2) is 5.14. The smallest absolute Gasteiger partial charge is 0.241 e. The number of nitrogens with zero attached hydrogens (tertiary/aromatic N) is 1. The normalized spacial score (nSPS) is 12.8. The fourth-order valence-electron chi connectivity index (χ4n) is 2.04. The molecule has 20 heavy (non-hydrogen) atoms.